The number of hydrogen-bond acceptors (Lipinski definition) is 3. The van der Waals surface area contributed by atoms with Gasteiger partial charge in [0.05, 0.1) is 8.04 Å². The van der Waals surface area contributed by atoms with Crippen molar-refractivity contribution in [3.05, 3.63) is 31.3 Å². The number of halogens is 2. The summed E-state index contributed by atoms with van der Waals surface area (Å²) in [5.74, 6) is 2.71. The van der Waals surface area contributed by atoms with Crippen LogP contribution in [0.2, 0.25) is 0 Å². The summed E-state index contributed by atoms with van der Waals surface area (Å²) in [6.07, 6.45) is 6.71. The van der Waals surface area contributed by atoms with E-state index in [9.17, 15) is 4.79 Å². The number of likely N-dealkylation sites (N-methyl/N-ethyl adjacent to an activating group) is 1. The van der Waals surface area contributed by atoms with Crippen molar-refractivity contribution >= 4 is 50.5 Å². The Morgan fingerprint density at radius 3 is 2.71 bits per heavy atom. The molecule has 0 aliphatic carbocycles. The standard InChI is InChI=1S/C15H12BrIN2O2/c1-4-5-21-14-12(16)7-10(8-13(14)17)6-11(9-18)15(20)19(2)3/h1,6-8H,5H2,2-3H3/b11-6-. The average molecular weight is 459 g/mol. The van der Waals surface area contributed by atoms with Gasteiger partial charge in [-0.05, 0) is 62.3 Å². The predicted molar refractivity (Wildman–Crippen MR) is 93.5 cm³/mol. The molecule has 0 unspecified atom stereocenters. The monoisotopic (exact) mass is 458 g/mol. The van der Waals surface area contributed by atoms with Crippen LogP contribution in [0.4, 0.5) is 0 Å². The van der Waals surface area contributed by atoms with Crippen LogP contribution in [0, 0.1) is 27.2 Å². The molecule has 1 aromatic rings. The Balaban J connectivity index is 3.19. The lowest BCUT2D eigenvalue weighted by atomic mass is 10.1. The van der Waals surface area contributed by atoms with E-state index >= 15 is 0 Å². The van der Waals surface area contributed by atoms with Crippen LogP contribution in [0.1, 0.15) is 5.56 Å². The van der Waals surface area contributed by atoms with Crippen LogP contribution in [0.15, 0.2) is 22.2 Å². The fourth-order valence-electron chi connectivity index (χ4n) is 1.46. The molecule has 0 atom stereocenters. The first-order valence-corrected chi connectivity index (χ1v) is 7.66. The minimum atomic E-state index is -0.337. The van der Waals surface area contributed by atoms with Gasteiger partial charge >= 0.3 is 0 Å². The molecule has 0 fully saturated rings. The molecule has 6 heteroatoms. The number of amides is 1. The molecule has 0 N–H and O–H groups in total. The predicted octanol–water partition coefficient (Wildman–Crippen LogP) is 3.06. The highest BCUT2D eigenvalue weighted by Gasteiger charge is 2.13. The van der Waals surface area contributed by atoms with Crippen molar-refractivity contribution in [3.8, 4) is 24.2 Å². The van der Waals surface area contributed by atoms with Gasteiger partial charge in [-0.1, -0.05) is 5.92 Å². The van der Waals surface area contributed by atoms with Crippen molar-refractivity contribution in [1.82, 2.24) is 4.90 Å². The fraction of sp³-hybridized carbons (Fsp3) is 0.200. The quantitative estimate of drug-likeness (QED) is 0.301. The number of carbonyl (C=O) groups excluding carboxylic acids is 1. The minimum Gasteiger partial charge on any atom is -0.479 e. The summed E-state index contributed by atoms with van der Waals surface area (Å²) in [6, 6.07) is 5.50. The van der Waals surface area contributed by atoms with Gasteiger partial charge < -0.3 is 9.64 Å². The van der Waals surface area contributed by atoms with Crippen molar-refractivity contribution in [3.63, 3.8) is 0 Å². The van der Waals surface area contributed by atoms with Crippen LogP contribution in [0.3, 0.4) is 0 Å². The molecule has 4 nitrogen and oxygen atoms in total. The van der Waals surface area contributed by atoms with E-state index in [-0.39, 0.29) is 18.1 Å². The third-order valence-electron chi connectivity index (χ3n) is 2.39. The maximum atomic E-state index is 11.8. The van der Waals surface area contributed by atoms with Crippen molar-refractivity contribution in [1.29, 1.82) is 5.26 Å². The Bertz CT molecular complexity index is 646. The first-order chi connectivity index (χ1) is 9.90. The molecule has 0 aromatic heterocycles. The maximum absolute atomic E-state index is 11.8. The van der Waals surface area contributed by atoms with Gasteiger partial charge in [0.25, 0.3) is 5.91 Å². The molecule has 1 amide bonds. The normalized spacial score (nSPS) is 10.5. The van der Waals surface area contributed by atoms with Crippen molar-refractivity contribution in [2.24, 2.45) is 0 Å². The number of terminal acetylenes is 1. The topological polar surface area (TPSA) is 53.3 Å². The van der Waals surface area contributed by atoms with E-state index in [0.717, 1.165) is 9.13 Å². The van der Waals surface area contributed by atoms with Crippen LogP contribution in [0.5, 0.6) is 5.75 Å². The molecule has 0 spiro atoms. The third-order valence-corrected chi connectivity index (χ3v) is 3.78. The average Bonchev–Trinajstić information content (AvgIpc) is 2.43. The smallest absolute Gasteiger partial charge is 0.264 e. The van der Waals surface area contributed by atoms with E-state index in [2.05, 4.69) is 44.4 Å². The first kappa shape index (κ1) is 17.5. The minimum absolute atomic E-state index is 0.0694. The first-order valence-electron chi connectivity index (χ1n) is 5.79. The van der Waals surface area contributed by atoms with Gasteiger partial charge in [0.1, 0.15) is 24.0 Å². The Kier molecular flexibility index (Phi) is 6.73. The lowest BCUT2D eigenvalue weighted by Crippen LogP contribution is -2.22. The van der Waals surface area contributed by atoms with E-state index in [1.807, 2.05) is 12.1 Å². The Morgan fingerprint density at radius 1 is 1.57 bits per heavy atom. The number of nitriles is 1. The summed E-state index contributed by atoms with van der Waals surface area (Å²) in [4.78, 5) is 13.2. The Hall–Kier alpha value is -1.51. The zero-order chi connectivity index (χ0) is 16.0. The number of rotatable bonds is 4. The zero-order valence-corrected chi connectivity index (χ0v) is 15.2. The zero-order valence-electron chi connectivity index (χ0n) is 11.5. The van der Waals surface area contributed by atoms with Gasteiger partial charge in [0, 0.05) is 14.1 Å². The van der Waals surface area contributed by atoms with Crippen LogP contribution < -0.4 is 4.74 Å². The van der Waals surface area contributed by atoms with E-state index in [1.54, 1.807) is 26.2 Å². The summed E-state index contributed by atoms with van der Waals surface area (Å²) in [7, 11) is 3.20. The lowest BCUT2D eigenvalue weighted by molar-refractivity contribution is -0.124. The molecule has 1 rings (SSSR count). The molecule has 0 aliphatic heterocycles. The largest absolute Gasteiger partial charge is 0.479 e. The van der Waals surface area contributed by atoms with Crippen molar-refractivity contribution < 1.29 is 9.53 Å². The van der Waals surface area contributed by atoms with Gasteiger partial charge in [-0.2, -0.15) is 5.26 Å². The summed E-state index contributed by atoms with van der Waals surface area (Å²) in [6.45, 7) is 0.173. The summed E-state index contributed by atoms with van der Waals surface area (Å²) in [5.41, 5.74) is 0.797. The molecule has 0 radical (unpaired) electrons. The highest BCUT2D eigenvalue weighted by Crippen LogP contribution is 2.32. The summed E-state index contributed by atoms with van der Waals surface area (Å²) >= 11 is 5.51. The van der Waals surface area contributed by atoms with Crippen molar-refractivity contribution in [2.75, 3.05) is 20.7 Å². The van der Waals surface area contributed by atoms with Crippen molar-refractivity contribution in [2.45, 2.75) is 0 Å². The number of nitrogens with zero attached hydrogens (tertiary/aromatic N) is 2. The van der Waals surface area contributed by atoms with Crippen LogP contribution in [-0.4, -0.2) is 31.5 Å². The SMILES string of the molecule is C#CCOc1c(Br)cc(/C=C(/C#N)C(=O)N(C)C)cc1I. The van der Waals surface area contributed by atoms with Gasteiger partial charge in [0.15, 0.2) is 0 Å². The Morgan fingerprint density at radius 2 is 2.24 bits per heavy atom. The molecule has 0 saturated heterocycles. The molecule has 0 saturated carbocycles. The molecular weight excluding hydrogens is 447 g/mol. The molecule has 108 valence electrons. The summed E-state index contributed by atoms with van der Waals surface area (Å²) < 4.78 is 6.98. The highest BCUT2D eigenvalue weighted by molar-refractivity contribution is 14.1. The molecule has 21 heavy (non-hydrogen) atoms. The number of ether oxygens (including phenoxy) is 1. The number of carbonyl (C=O) groups is 1. The molecular formula is C15H12BrIN2O2. The molecule has 0 heterocycles. The van der Waals surface area contributed by atoms with Gasteiger partial charge in [-0.15, -0.1) is 6.42 Å². The van der Waals surface area contributed by atoms with Crippen LogP contribution >= 0.6 is 38.5 Å². The second-order valence-electron chi connectivity index (χ2n) is 4.18. The fourth-order valence-corrected chi connectivity index (χ4v) is 3.23. The van der Waals surface area contributed by atoms with E-state index in [0.29, 0.717) is 10.2 Å². The van der Waals surface area contributed by atoms with E-state index in [4.69, 9.17) is 16.4 Å². The second-order valence-corrected chi connectivity index (χ2v) is 6.19. The number of benzene rings is 1. The summed E-state index contributed by atoms with van der Waals surface area (Å²) in [5, 5.41) is 9.09. The van der Waals surface area contributed by atoms with Crippen LogP contribution in [0.25, 0.3) is 6.08 Å². The highest BCUT2D eigenvalue weighted by atomic mass is 127. The van der Waals surface area contributed by atoms with E-state index < -0.39 is 0 Å². The third kappa shape index (κ3) is 4.76. The van der Waals surface area contributed by atoms with Gasteiger partial charge in [-0.3, -0.25) is 4.79 Å². The molecule has 0 aliphatic rings. The second kappa shape index (κ2) is 8.06. The number of hydrogen-bond donors (Lipinski definition) is 0. The maximum Gasteiger partial charge on any atom is 0.264 e. The van der Waals surface area contributed by atoms with Gasteiger partial charge in [-0.25, -0.2) is 0 Å². The van der Waals surface area contributed by atoms with Crippen LogP contribution in [-0.2, 0) is 4.79 Å². The molecule has 1 aromatic carbocycles. The molecule has 0 bridgehead atoms. The van der Waals surface area contributed by atoms with Gasteiger partial charge in [0.2, 0.25) is 0 Å². The Labute approximate surface area is 146 Å². The van der Waals surface area contributed by atoms with E-state index in [1.165, 1.54) is 4.90 Å². The lowest BCUT2D eigenvalue weighted by Gasteiger charge is -2.11.